The number of benzene rings is 1. The van der Waals surface area contributed by atoms with Crippen LogP contribution in [0.25, 0.3) is 0 Å². The number of para-hydroxylation sites is 1. The summed E-state index contributed by atoms with van der Waals surface area (Å²) in [5.74, 6) is 1.03. The van der Waals surface area contributed by atoms with Gasteiger partial charge in [-0.25, -0.2) is 0 Å². The fourth-order valence-corrected chi connectivity index (χ4v) is 3.73. The molecule has 5 heteroatoms. The quantitative estimate of drug-likeness (QED) is 0.706. The van der Waals surface area contributed by atoms with Crippen LogP contribution in [0.3, 0.4) is 0 Å². The van der Waals surface area contributed by atoms with E-state index in [1.807, 2.05) is 50.4 Å². The van der Waals surface area contributed by atoms with Crippen molar-refractivity contribution in [3.8, 4) is 5.75 Å². The zero-order valence-corrected chi connectivity index (χ0v) is 15.2. The highest BCUT2D eigenvalue weighted by molar-refractivity contribution is 9.11. The fraction of sp³-hybridized carbons (Fsp3) is 0.353. The minimum atomic E-state index is 0.149. The molecule has 3 nitrogen and oxygen atoms in total. The number of thiophene rings is 1. The van der Waals surface area contributed by atoms with Gasteiger partial charge in [-0.3, -0.25) is 4.79 Å². The van der Waals surface area contributed by atoms with Gasteiger partial charge in [0, 0.05) is 18.3 Å². The van der Waals surface area contributed by atoms with Crippen LogP contribution in [0.1, 0.15) is 23.8 Å². The summed E-state index contributed by atoms with van der Waals surface area (Å²) < 4.78 is 6.69. The second-order valence-corrected chi connectivity index (χ2v) is 7.54. The Morgan fingerprint density at radius 2 is 2.05 bits per heavy atom. The van der Waals surface area contributed by atoms with Crippen molar-refractivity contribution in [2.75, 3.05) is 13.7 Å². The van der Waals surface area contributed by atoms with E-state index in [9.17, 15) is 4.79 Å². The average Bonchev–Trinajstić information content (AvgIpc) is 2.91. The molecule has 0 saturated heterocycles. The van der Waals surface area contributed by atoms with Gasteiger partial charge in [-0.1, -0.05) is 18.2 Å². The number of aryl methyl sites for hydroxylation is 1. The standard InChI is InChI=1S/C17H20BrNO2S/c1-3-21-15-7-5-4-6-13(15)8-11-17(20)19(2)12-14-9-10-16(18)22-14/h4-7,9-10H,3,8,11-12H2,1-2H3. The van der Waals surface area contributed by atoms with Crippen LogP contribution in [0.15, 0.2) is 40.2 Å². The molecule has 1 amide bonds. The Kier molecular flexibility index (Phi) is 6.46. The monoisotopic (exact) mass is 381 g/mol. The lowest BCUT2D eigenvalue weighted by Gasteiger charge is -2.17. The maximum atomic E-state index is 12.3. The predicted octanol–water partition coefficient (Wildman–Crippen LogP) is 4.50. The third-order valence-electron chi connectivity index (χ3n) is 3.33. The van der Waals surface area contributed by atoms with Gasteiger partial charge in [-0.05, 0) is 53.0 Å². The lowest BCUT2D eigenvalue weighted by atomic mass is 10.1. The lowest BCUT2D eigenvalue weighted by Crippen LogP contribution is -2.26. The Hall–Kier alpha value is -1.33. The molecule has 0 spiro atoms. The number of hydrogen-bond acceptors (Lipinski definition) is 3. The molecule has 1 aromatic carbocycles. The third kappa shape index (κ3) is 4.85. The van der Waals surface area contributed by atoms with Gasteiger partial charge in [0.2, 0.25) is 5.91 Å². The third-order valence-corrected chi connectivity index (χ3v) is 4.94. The van der Waals surface area contributed by atoms with Gasteiger partial charge in [0.1, 0.15) is 5.75 Å². The van der Waals surface area contributed by atoms with E-state index >= 15 is 0 Å². The van der Waals surface area contributed by atoms with Gasteiger partial charge in [-0.2, -0.15) is 0 Å². The van der Waals surface area contributed by atoms with E-state index in [-0.39, 0.29) is 5.91 Å². The molecule has 0 bridgehead atoms. The summed E-state index contributed by atoms with van der Waals surface area (Å²) in [5.41, 5.74) is 1.09. The molecule has 2 rings (SSSR count). The Morgan fingerprint density at radius 1 is 1.27 bits per heavy atom. The summed E-state index contributed by atoms with van der Waals surface area (Å²) in [7, 11) is 1.85. The van der Waals surface area contributed by atoms with Crippen molar-refractivity contribution in [1.29, 1.82) is 0 Å². The molecule has 0 saturated carbocycles. The van der Waals surface area contributed by atoms with Crippen LogP contribution >= 0.6 is 27.3 Å². The topological polar surface area (TPSA) is 29.5 Å². The van der Waals surface area contributed by atoms with E-state index in [0.29, 0.717) is 26.0 Å². The van der Waals surface area contributed by atoms with E-state index in [0.717, 1.165) is 15.1 Å². The largest absolute Gasteiger partial charge is 0.494 e. The highest BCUT2D eigenvalue weighted by Gasteiger charge is 2.12. The highest BCUT2D eigenvalue weighted by Crippen LogP contribution is 2.23. The lowest BCUT2D eigenvalue weighted by molar-refractivity contribution is -0.130. The highest BCUT2D eigenvalue weighted by atomic mass is 79.9. The van der Waals surface area contributed by atoms with Crippen molar-refractivity contribution >= 4 is 33.2 Å². The molecular weight excluding hydrogens is 362 g/mol. The zero-order chi connectivity index (χ0) is 15.9. The van der Waals surface area contributed by atoms with Crippen LogP contribution in [0.2, 0.25) is 0 Å². The first-order chi connectivity index (χ1) is 10.6. The van der Waals surface area contributed by atoms with Crippen molar-refractivity contribution in [3.63, 3.8) is 0 Å². The molecule has 0 aliphatic carbocycles. The summed E-state index contributed by atoms with van der Waals surface area (Å²) in [4.78, 5) is 15.2. The summed E-state index contributed by atoms with van der Waals surface area (Å²) >= 11 is 5.10. The van der Waals surface area contributed by atoms with Gasteiger partial charge in [0.25, 0.3) is 0 Å². The van der Waals surface area contributed by atoms with Crippen LogP contribution < -0.4 is 4.74 Å². The zero-order valence-electron chi connectivity index (χ0n) is 12.8. The molecule has 118 valence electrons. The first kappa shape index (κ1) is 17.0. The molecule has 22 heavy (non-hydrogen) atoms. The summed E-state index contributed by atoms with van der Waals surface area (Å²) in [6, 6.07) is 12.0. The summed E-state index contributed by atoms with van der Waals surface area (Å²) in [6.07, 6.45) is 1.20. The van der Waals surface area contributed by atoms with Crippen molar-refractivity contribution in [2.24, 2.45) is 0 Å². The molecular formula is C17H20BrNO2S. The van der Waals surface area contributed by atoms with E-state index in [1.165, 1.54) is 4.88 Å². The number of ether oxygens (including phenoxy) is 1. The Bertz CT molecular complexity index is 627. The molecule has 0 unspecified atom stereocenters. The summed E-state index contributed by atoms with van der Waals surface area (Å²) in [5, 5.41) is 0. The van der Waals surface area contributed by atoms with Crippen LogP contribution in [0, 0.1) is 0 Å². The number of nitrogens with zero attached hydrogens (tertiary/aromatic N) is 1. The Balaban J connectivity index is 1.89. The van der Waals surface area contributed by atoms with E-state index in [2.05, 4.69) is 15.9 Å². The molecule has 0 aliphatic rings. The second kappa shape index (κ2) is 8.34. The average molecular weight is 382 g/mol. The molecule has 2 aromatic rings. The van der Waals surface area contributed by atoms with E-state index < -0.39 is 0 Å². The smallest absolute Gasteiger partial charge is 0.222 e. The molecule has 0 radical (unpaired) electrons. The predicted molar refractivity (Wildman–Crippen MR) is 94.4 cm³/mol. The van der Waals surface area contributed by atoms with Crippen molar-refractivity contribution in [2.45, 2.75) is 26.3 Å². The Morgan fingerprint density at radius 3 is 2.73 bits per heavy atom. The van der Waals surface area contributed by atoms with Gasteiger partial charge in [0.15, 0.2) is 0 Å². The SMILES string of the molecule is CCOc1ccccc1CCC(=O)N(C)Cc1ccc(Br)s1. The first-order valence-electron chi connectivity index (χ1n) is 7.29. The summed E-state index contributed by atoms with van der Waals surface area (Å²) in [6.45, 7) is 3.26. The number of rotatable bonds is 7. The molecule has 0 aliphatic heterocycles. The maximum absolute atomic E-state index is 12.3. The van der Waals surface area contributed by atoms with E-state index in [4.69, 9.17) is 4.74 Å². The van der Waals surface area contributed by atoms with E-state index in [1.54, 1.807) is 16.2 Å². The van der Waals surface area contributed by atoms with Crippen LogP contribution in [-0.2, 0) is 17.8 Å². The van der Waals surface area contributed by atoms with Crippen LogP contribution in [0.4, 0.5) is 0 Å². The molecule has 1 heterocycles. The van der Waals surface area contributed by atoms with Gasteiger partial charge in [0.05, 0.1) is 16.9 Å². The van der Waals surface area contributed by atoms with Gasteiger partial charge in [-0.15, -0.1) is 11.3 Å². The van der Waals surface area contributed by atoms with Crippen molar-refractivity contribution in [3.05, 3.63) is 50.6 Å². The molecule has 1 aromatic heterocycles. The van der Waals surface area contributed by atoms with Gasteiger partial charge < -0.3 is 9.64 Å². The number of amides is 1. The minimum Gasteiger partial charge on any atom is -0.494 e. The maximum Gasteiger partial charge on any atom is 0.222 e. The number of carbonyl (C=O) groups excluding carboxylic acids is 1. The first-order valence-corrected chi connectivity index (χ1v) is 8.90. The Labute approximate surface area is 144 Å². The second-order valence-electron chi connectivity index (χ2n) is 5.00. The van der Waals surface area contributed by atoms with Crippen molar-refractivity contribution in [1.82, 2.24) is 4.90 Å². The minimum absolute atomic E-state index is 0.149. The number of carbonyl (C=O) groups is 1. The number of halogens is 1. The molecule has 0 atom stereocenters. The van der Waals surface area contributed by atoms with Crippen LogP contribution in [-0.4, -0.2) is 24.5 Å². The molecule has 0 fully saturated rings. The fourth-order valence-electron chi connectivity index (χ4n) is 2.20. The van der Waals surface area contributed by atoms with Crippen molar-refractivity contribution < 1.29 is 9.53 Å². The normalized spacial score (nSPS) is 10.5. The molecule has 0 N–H and O–H groups in total. The van der Waals surface area contributed by atoms with Crippen LogP contribution in [0.5, 0.6) is 5.75 Å². The number of hydrogen-bond donors (Lipinski definition) is 0. The van der Waals surface area contributed by atoms with Gasteiger partial charge >= 0.3 is 0 Å².